The van der Waals surface area contributed by atoms with Gasteiger partial charge in [0.1, 0.15) is 6.43 Å². The van der Waals surface area contributed by atoms with Gasteiger partial charge in [0.25, 0.3) is 0 Å². The molecule has 0 aromatic carbocycles. The maximum absolute atomic E-state index is 10.4. The van der Waals surface area contributed by atoms with Gasteiger partial charge in [-0.3, -0.25) is 0 Å². The molecule has 0 saturated heterocycles. The van der Waals surface area contributed by atoms with Gasteiger partial charge in [-0.25, -0.2) is 13.2 Å². The van der Waals surface area contributed by atoms with Crippen molar-refractivity contribution in [2.24, 2.45) is 0 Å². The van der Waals surface area contributed by atoms with E-state index in [1.54, 1.807) is 0 Å². The van der Waals surface area contributed by atoms with E-state index in [1.165, 1.54) is 0 Å². The molecular weight excluding hydrogens is 183 g/mol. The normalized spacial score (nSPS) is 11.2. The van der Waals surface area contributed by atoms with Crippen LogP contribution in [0.25, 0.3) is 0 Å². The number of alkyl halides is 3. The van der Waals surface area contributed by atoms with Crippen molar-refractivity contribution in [2.45, 2.75) is 6.18 Å². The minimum absolute atomic E-state index is 0. The Bertz CT molecular complexity index is 55.9. The third kappa shape index (κ3) is 4.33. The summed E-state index contributed by atoms with van der Waals surface area (Å²) in [6.07, 6.45) is -8.92. The number of hydrogen-bond donors (Lipinski definition) is 0. The van der Waals surface area contributed by atoms with Gasteiger partial charge in [-0.05, 0) is 0 Å². The van der Waals surface area contributed by atoms with Gasteiger partial charge in [0.05, 0.1) is 0 Å². The maximum atomic E-state index is 10.4. The second-order valence-electron chi connectivity index (χ2n) is 0.758. The Balaban J connectivity index is 0. The van der Waals surface area contributed by atoms with Crippen LogP contribution >= 0.6 is 0 Å². The number of rotatable bonds is 0. The van der Waals surface area contributed by atoms with Crippen molar-refractivity contribution in [1.82, 2.24) is 0 Å². The summed E-state index contributed by atoms with van der Waals surface area (Å²) in [7, 11) is 0. The number of halogens is 5. The van der Waals surface area contributed by atoms with Gasteiger partial charge in [0.2, 0.25) is 0 Å². The Morgan fingerprint density at radius 2 is 1.12 bits per heavy atom. The zero-order valence-electron chi connectivity index (χ0n) is 3.19. The van der Waals surface area contributed by atoms with Gasteiger partial charge in [-0.1, -0.05) is 0 Å². The largest absolute Gasteiger partial charge is 1.00 e. The van der Waals surface area contributed by atoms with Crippen molar-refractivity contribution < 1.29 is 39.0 Å². The van der Waals surface area contributed by atoms with E-state index in [1.807, 2.05) is 0 Å². The van der Waals surface area contributed by atoms with Crippen molar-refractivity contribution in [3.05, 3.63) is 6.43 Å². The minimum atomic E-state index is -5.42. The van der Waals surface area contributed by atoms with Gasteiger partial charge in [-0.15, -0.1) is 0 Å². The molecule has 0 nitrogen and oxygen atoms in total. The van der Waals surface area contributed by atoms with Crippen LogP contribution in [0.1, 0.15) is 0 Å². The Kier molecular flexibility index (Phi) is 4.48. The van der Waals surface area contributed by atoms with Crippen LogP contribution in [-0.4, -0.2) is 6.18 Å². The minimum Gasteiger partial charge on any atom is -0.412 e. The summed E-state index contributed by atoms with van der Waals surface area (Å²) in [5, 5.41) is 0. The molecule has 0 atom stereocenters. The van der Waals surface area contributed by atoms with Crippen LogP contribution < -0.4 is 0 Å². The molecule has 0 unspecified atom stereocenters. The van der Waals surface area contributed by atoms with Crippen molar-refractivity contribution in [1.29, 1.82) is 0 Å². The van der Waals surface area contributed by atoms with Crippen molar-refractivity contribution >= 4 is 0 Å². The Labute approximate surface area is 52.5 Å². The second kappa shape index (κ2) is 3.25. The van der Waals surface area contributed by atoms with E-state index in [2.05, 4.69) is 0 Å². The fourth-order valence-electron chi connectivity index (χ4n) is 0. The van der Waals surface area contributed by atoms with Crippen LogP contribution in [-0.2, 0) is 17.1 Å². The average Bonchev–Trinajstić information content (AvgIpc) is 1.31. The topological polar surface area (TPSA) is 0 Å². The molecule has 0 spiro atoms. The summed E-state index contributed by atoms with van der Waals surface area (Å²) in [6.45, 7) is 0. The van der Waals surface area contributed by atoms with E-state index in [4.69, 9.17) is 0 Å². The molecule has 0 aliphatic carbocycles. The van der Waals surface area contributed by atoms with Gasteiger partial charge in [-0.2, -0.15) is 0 Å². The van der Waals surface area contributed by atoms with Crippen LogP contribution in [0, 0.1) is 6.43 Å². The van der Waals surface area contributed by atoms with Gasteiger partial charge >= 0.3 is 23.2 Å². The molecule has 6 heteroatoms. The first-order valence-electron chi connectivity index (χ1n) is 1.19. The molecule has 8 heavy (non-hydrogen) atoms. The fourth-order valence-corrected chi connectivity index (χ4v) is 0. The first kappa shape index (κ1) is 11.0. The van der Waals surface area contributed by atoms with Crippen molar-refractivity contribution in [3.8, 4) is 0 Å². The van der Waals surface area contributed by atoms with E-state index in [-0.39, 0.29) is 17.1 Å². The van der Waals surface area contributed by atoms with Crippen LogP contribution in [0.5, 0.6) is 0 Å². The molecule has 0 aliphatic heterocycles. The first-order chi connectivity index (χ1) is 2.94. The van der Waals surface area contributed by atoms with E-state index in [0.29, 0.717) is 0 Å². The van der Waals surface area contributed by atoms with Crippen LogP contribution in [0.4, 0.5) is 22.0 Å². The summed E-state index contributed by atoms with van der Waals surface area (Å²) in [6, 6.07) is 0. The monoisotopic (exact) mass is 182 g/mol. The first-order valence-corrected chi connectivity index (χ1v) is 1.19. The molecule has 0 N–H and O–H groups in total. The van der Waals surface area contributed by atoms with Crippen molar-refractivity contribution in [2.75, 3.05) is 0 Å². The molecule has 0 aromatic heterocycles. The molecule has 0 fully saturated rings. The van der Waals surface area contributed by atoms with E-state index in [9.17, 15) is 22.0 Å². The molecule has 0 aliphatic rings. The third-order valence-corrected chi connectivity index (χ3v) is 0.214. The Morgan fingerprint density at radius 1 is 1.00 bits per heavy atom. The maximum Gasteiger partial charge on any atom is 1.00 e. The SMILES string of the molecule is F[C-](F)C(F)(F)F.[Cu+]. The molecule has 0 saturated carbocycles. The predicted octanol–water partition coefficient (Wildman–Crippen LogP) is 1.97. The Hall–Kier alpha value is 0.169. The van der Waals surface area contributed by atoms with Crippen LogP contribution in [0.2, 0.25) is 0 Å². The van der Waals surface area contributed by atoms with Crippen LogP contribution in [0.3, 0.4) is 0 Å². The summed E-state index contributed by atoms with van der Waals surface area (Å²) in [4.78, 5) is 0. The van der Waals surface area contributed by atoms with Crippen LogP contribution in [0.15, 0.2) is 0 Å². The number of hydrogen-bond acceptors (Lipinski definition) is 0. The van der Waals surface area contributed by atoms with E-state index >= 15 is 0 Å². The van der Waals surface area contributed by atoms with Gasteiger partial charge in [0.15, 0.2) is 0 Å². The molecule has 0 bridgehead atoms. The van der Waals surface area contributed by atoms with Gasteiger partial charge in [0, 0.05) is 0 Å². The molecular formula is C2CuF5. The Morgan fingerprint density at radius 3 is 1.12 bits per heavy atom. The molecule has 0 radical (unpaired) electrons. The molecule has 0 amide bonds. The third-order valence-electron chi connectivity index (χ3n) is 0.214. The summed E-state index contributed by atoms with van der Waals surface area (Å²) < 4.78 is 51.8. The molecule has 0 rings (SSSR count). The molecule has 0 heterocycles. The molecule has 0 aromatic rings. The average molecular weight is 183 g/mol. The summed E-state index contributed by atoms with van der Waals surface area (Å²) in [5.74, 6) is 0. The van der Waals surface area contributed by atoms with E-state index < -0.39 is 12.6 Å². The zero-order valence-corrected chi connectivity index (χ0v) is 4.13. The zero-order chi connectivity index (χ0) is 6.08. The summed E-state index contributed by atoms with van der Waals surface area (Å²) >= 11 is 0. The quantitative estimate of drug-likeness (QED) is 0.305. The summed E-state index contributed by atoms with van der Waals surface area (Å²) in [5.41, 5.74) is 0. The predicted molar refractivity (Wildman–Crippen MR) is 11.5 cm³/mol. The standard InChI is InChI=1S/C2F5.Cu/c3-1(4)2(5,6)7;/q-1;+1. The van der Waals surface area contributed by atoms with Crippen molar-refractivity contribution in [3.63, 3.8) is 0 Å². The van der Waals surface area contributed by atoms with Gasteiger partial charge < -0.3 is 8.78 Å². The second-order valence-corrected chi connectivity index (χ2v) is 0.758. The van der Waals surface area contributed by atoms with E-state index in [0.717, 1.165) is 0 Å². The smallest absolute Gasteiger partial charge is 0.412 e. The fraction of sp³-hybridized carbons (Fsp3) is 0.500. The molecule has 54 valence electrons.